The zero-order chi connectivity index (χ0) is 11.8. The molecule has 1 N–H and O–H groups in total. The van der Waals surface area contributed by atoms with Crippen LogP contribution in [0.15, 0.2) is 23.3 Å². The molecule has 0 aliphatic heterocycles. The van der Waals surface area contributed by atoms with Crippen LogP contribution in [0.4, 0.5) is 0 Å². The lowest BCUT2D eigenvalue weighted by Crippen LogP contribution is -2.17. The van der Waals surface area contributed by atoms with Gasteiger partial charge in [0.05, 0.1) is 5.52 Å². The second kappa shape index (κ2) is 3.99. The fraction of sp³-hybridized carbons (Fsp3) is 0.429. The molecule has 3 heteroatoms. The number of aromatic nitrogens is 2. The van der Waals surface area contributed by atoms with E-state index in [2.05, 4.69) is 9.97 Å². The standard InChI is InChI=1S/C14H16N2O/c1-9-11-8-15-7-6-12(11)16-14(17)13(9)10-4-2-3-5-10/h6-8,10H,2-5H2,1H3,(H,16,17). The Labute approximate surface area is 99.9 Å². The van der Waals surface area contributed by atoms with Crippen molar-refractivity contribution in [3.63, 3.8) is 0 Å². The van der Waals surface area contributed by atoms with Crippen LogP contribution in [0.3, 0.4) is 0 Å². The minimum atomic E-state index is 0.0908. The Balaban J connectivity index is 2.27. The molecule has 0 radical (unpaired) electrons. The molecule has 17 heavy (non-hydrogen) atoms. The number of hydrogen-bond acceptors (Lipinski definition) is 2. The molecule has 0 spiro atoms. The molecule has 0 bridgehead atoms. The number of rotatable bonds is 1. The van der Waals surface area contributed by atoms with Crippen molar-refractivity contribution in [2.24, 2.45) is 0 Å². The Morgan fingerprint density at radius 1 is 1.35 bits per heavy atom. The first kappa shape index (κ1) is 10.5. The molecule has 1 aliphatic rings. The van der Waals surface area contributed by atoms with E-state index in [0.717, 1.165) is 34.9 Å². The van der Waals surface area contributed by atoms with E-state index in [1.165, 1.54) is 12.8 Å². The lowest BCUT2D eigenvalue weighted by molar-refractivity contribution is 0.708. The topological polar surface area (TPSA) is 45.8 Å². The third-order valence-corrected chi connectivity index (χ3v) is 3.89. The highest BCUT2D eigenvalue weighted by Crippen LogP contribution is 2.35. The molecule has 3 nitrogen and oxygen atoms in total. The van der Waals surface area contributed by atoms with Gasteiger partial charge in [-0.1, -0.05) is 12.8 Å². The molecule has 3 rings (SSSR count). The van der Waals surface area contributed by atoms with Crippen LogP contribution < -0.4 is 5.56 Å². The van der Waals surface area contributed by atoms with Crippen molar-refractivity contribution in [3.05, 3.63) is 39.9 Å². The summed E-state index contributed by atoms with van der Waals surface area (Å²) in [6.07, 6.45) is 8.35. The Hall–Kier alpha value is -1.64. The SMILES string of the molecule is Cc1c(C2CCCC2)c(=O)[nH]c2ccncc12. The molecule has 2 heterocycles. The molecule has 2 aromatic heterocycles. The van der Waals surface area contributed by atoms with Gasteiger partial charge >= 0.3 is 0 Å². The first-order valence-electron chi connectivity index (χ1n) is 6.24. The molecular weight excluding hydrogens is 212 g/mol. The highest BCUT2D eigenvalue weighted by atomic mass is 16.1. The molecule has 0 aromatic carbocycles. The van der Waals surface area contributed by atoms with E-state index in [1.807, 2.05) is 19.2 Å². The predicted molar refractivity (Wildman–Crippen MR) is 68.3 cm³/mol. The summed E-state index contributed by atoms with van der Waals surface area (Å²) in [4.78, 5) is 19.3. The van der Waals surface area contributed by atoms with Crippen LogP contribution in [0.25, 0.3) is 10.9 Å². The van der Waals surface area contributed by atoms with Crippen LogP contribution in [-0.4, -0.2) is 9.97 Å². The molecule has 2 aromatic rings. The molecule has 0 saturated heterocycles. The van der Waals surface area contributed by atoms with Crippen LogP contribution in [0.1, 0.15) is 42.7 Å². The van der Waals surface area contributed by atoms with Gasteiger partial charge in [-0.3, -0.25) is 9.78 Å². The number of hydrogen-bond donors (Lipinski definition) is 1. The molecule has 88 valence electrons. The average Bonchev–Trinajstić information content (AvgIpc) is 2.83. The van der Waals surface area contributed by atoms with Crippen LogP contribution in [-0.2, 0) is 0 Å². The second-order valence-electron chi connectivity index (χ2n) is 4.90. The van der Waals surface area contributed by atoms with E-state index in [4.69, 9.17) is 0 Å². The number of fused-ring (bicyclic) bond motifs is 1. The van der Waals surface area contributed by atoms with E-state index >= 15 is 0 Å². The Morgan fingerprint density at radius 2 is 2.12 bits per heavy atom. The Bertz CT molecular complexity index is 609. The summed E-state index contributed by atoms with van der Waals surface area (Å²) in [5.41, 5.74) is 3.09. The summed E-state index contributed by atoms with van der Waals surface area (Å²) in [6.45, 7) is 2.05. The minimum Gasteiger partial charge on any atom is -0.322 e. The lowest BCUT2D eigenvalue weighted by Gasteiger charge is -2.13. The highest BCUT2D eigenvalue weighted by molar-refractivity contribution is 5.81. The smallest absolute Gasteiger partial charge is 0.252 e. The van der Waals surface area contributed by atoms with Crippen LogP contribution in [0.2, 0.25) is 0 Å². The van der Waals surface area contributed by atoms with E-state index < -0.39 is 0 Å². The van der Waals surface area contributed by atoms with Gasteiger partial charge in [-0.15, -0.1) is 0 Å². The zero-order valence-electron chi connectivity index (χ0n) is 9.99. The fourth-order valence-electron chi connectivity index (χ4n) is 3.01. The molecule has 1 aliphatic carbocycles. The number of H-pyrrole nitrogens is 1. The molecule has 0 atom stereocenters. The van der Waals surface area contributed by atoms with E-state index in [9.17, 15) is 4.79 Å². The van der Waals surface area contributed by atoms with E-state index in [0.29, 0.717) is 5.92 Å². The van der Waals surface area contributed by atoms with Gasteiger partial charge in [0.1, 0.15) is 0 Å². The van der Waals surface area contributed by atoms with Crippen molar-refractivity contribution < 1.29 is 0 Å². The van der Waals surface area contributed by atoms with Crippen molar-refractivity contribution in [3.8, 4) is 0 Å². The zero-order valence-corrected chi connectivity index (χ0v) is 9.99. The first-order valence-corrected chi connectivity index (χ1v) is 6.24. The largest absolute Gasteiger partial charge is 0.322 e. The van der Waals surface area contributed by atoms with Gasteiger partial charge in [-0.25, -0.2) is 0 Å². The van der Waals surface area contributed by atoms with Crippen molar-refractivity contribution in [2.45, 2.75) is 38.5 Å². The monoisotopic (exact) mass is 228 g/mol. The van der Waals surface area contributed by atoms with Crippen LogP contribution in [0.5, 0.6) is 0 Å². The maximum atomic E-state index is 12.2. The normalized spacial score (nSPS) is 16.8. The fourth-order valence-corrected chi connectivity index (χ4v) is 3.01. The van der Waals surface area contributed by atoms with Gasteiger partial charge in [0.15, 0.2) is 0 Å². The maximum Gasteiger partial charge on any atom is 0.252 e. The highest BCUT2D eigenvalue weighted by Gasteiger charge is 2.22. The summed E-state index contributed by atoms with van der Waals surface area (Å²) in [7, 11) is 0. The van der Waals surface area contributed by atoms with Gasteiger partial charge in [0, 0.05) is 23.3 Å². The summed E-state index contributed by atoms with van der Waals surface area (Å²) < 4.78 is 0. The molecule has 1 fully saturated rings. The minimum absolute atomic E-state index is 0.0908. The third kappa shape index (κ3) is 1.66. The summed E-state index contributed by atoms with van der Waals surface area (Å²) in [6, 6.07) is 1.86. The first-order chi connectivity index (χ1) is 8.27. The van der Waals surface area contributed by atoms with Crippen molar-refractivity contribution in [2.75, 3.05) is 0 Å². The van der Waals surface area contributed by atoms with Crippen molar-refractivity contribution >= 4 is 10.9 Å². The number of nitrogens with one attached hydrogen (secondary N) is 1. The molecule has 1 saturated carbocycles. The van der Waals surface area contributed by atoms with Crippen LogP contribution in [0, 0.1) is 6.92 Å². The number of aryl methyl sites for hydroxylation is 1. The summed E-state index contributed by atoms with van der Waals surface area (Å²) >= 11 is 0. The number of pyridine rings is 2. The maximum absolute atomic E-state index is 12.2. The van der Waals surface area contributed by atoms with Gasteiger partial charge in [-0.2, -0.15) is 0 Å². The molecular formula is C14H16N2O. The lowest BCUT2D eigenvalue weighted by atomic mass is 9.93. The third-order valence-electron chi connectivity index (χ3n) is 3.89. The van der Waals surface area contributed by atoms with Gasteiger partial charge in [0.25, 0.3) is 5.56 Å². The Morgan fingerprint density at radius 3 is 2.88 bits per heavy atom. The number of aromatic amines is 1. The second-order valence-corrected chi connectivity index (χ2v) is 4.90. The van der Waals surface area contributed by atoms with Gasteiger partial charge < -0.3 is 4.98 Å². The van der Waals surface area contributed by atoms with Crippen LogP contribution >= 0.6 is 0 Å². The quantitative estimate of drug-likeness (QED) is 0.815. The molecule has 0 amide bonds. The van der Waals surface area contributed by atoms with Gasteiger partial charge in [-0.05, 0) is 37.3 Å². The van der Waals surface area contributed by atoms with Crippen molar-refractivity contribution in [1.29, 1.82) is 0 Å². The summed E-state index contributed by atoms with van der Waals surface area (Å²) in [5, 5.41) is 1.08. The van der Waals surface area contributed by atoms with Gasteiger partial charge in [0.2, 0.25) is 0 Å². The summed E-state index contributed by atoms with van der Waals surface area (Å²) in [5.74, 6) is 0.448. The predicted octanol–water partition coefficient (Wildman–Crippen LogP) is 2.89. The number of nitrogens with zero attached hydrogens (tertiary/aromatic N) is 1. The van der Waals surface area contributed by atoms with E-state index in [1.54, 1.807) is 6.20 Å². The average molecular weight is 228 g/mol. The van der Waals surface area contributed by atoms with Crippen molar-refractivity contribution in [1.82, 2.24) is 9.97 Å². The molecule has 0 unspecified atom stereocenters. The van der Waals surface area contributed by atoms with E-state index in [-0.39, 0.29) is 5.56 Å². The Kier molecular flexibility index (Phi) is 2.46.